The minimum Gasteiger partial charge on any atom is -0.392 e. The Hall–Kier alpha value is -1.70. The van der Waals surface area contributed by atoms with Crippen LogP contribution in [-0.4, -0.2) is 29.1 Å². The number of sulfonamides is 1. The van der Waals surface area contributed by atoms with Crippen molar-refractivity contribution in [1.29, 1.82) is 0 Å². The highest BCUT2D eigenvalue weighted by atomic mass is 32.2. The smallest absolute Gasteiger partial charge is 0.241 e. The molecule has 6 nitrogen and oxygen atoms in total. The quantitative estimate of drug-likeness (QED) is 0.835. The predicted molar refractivity (Wildman–Crippen MR) is 79.1 cm³/mol. The highest BCUT2D eigenvalue weighted by molar-refractivity contribution is 7.89. The number of imidazole rings is 1. The summed E-state index contributed by atoms with van der Waals surface area (Å²) in [6.45, 7) is 3.81. The molecule has 0 saturated heterocycles. The molecule has 7 heteroatoms. The lowest BCUT2D eigenvalue weighted by Gasteiger charge is -2.16. The zero-order valence-corrected chi connectivity index (χ0v) is 12.8. The summed E-state index contributed by atoms with van der Waals surface area (Å²) in [5.74, 6) is 0. The lowest BCUT2D eigenvalue weighted by atomic mass is 10.1. The van der Waals surface area contributed by atoms with Gasteiger partial charge in [-0.15, -0.1) is 0 Å². The molecule has 2 N–H and O–H groups in total. The first-order chi connectivity index (χ1) is 9.94. The Kier molecular flexibility index (Phi) is 4.76. The fourth-order valence-electron chi connectivity index (χ4n) is 2.20. The summed E-state index contributed by atoms with van der Waals surface area (Å²) in [6.07, 6.45) is 5.07. The summed E-state index contributed by atoms with van der Waals surface area (Å²) in [5, 5.41) is 9.24. The maximum Gasteiger partial charge on any atom is 0.241 e. The Morgan fingerprint density at radius 3 is 2.81 bits per heavy atom. The van der Waals surface area contributed by atoms with Crippen molar-refractivity contribution in [2.24, 2.45) is 0 Å². The number of hydrogen-bond donors (Lipinski definition) is 2. The molecule has 114 valence electrons. The van der Waals surface area contributed by atoms with E-state index in [1.54, 1.807) is 50.8 Å². The van der Waals surface area contributed by atoms with Crippen LogP contribution in [0.5, 0.6) is 0 Å². The van der Waals surface area contributed by atoms with E-state index in [-0.39, 0.29) is 17.5 Å². The lowest BCUT2D eigenvalue weighted by Crippen LogP contribution is -2.35. The van der Waals surface area contributed by atoms with Gasteiger partial charge < -0.3 is 9.67 Å². The number of hydrogen-bond acceptors (Lipinski definition) is 4. The number of nitrogens with one attached hydrogen (secondary N) is 1. The average molecular weight is 309 g/mol. The molecule has 1 aromatic carbocycles. The molecule has 0 bridgehead atoms. The lowest BCUT2D eigenvalue weighted by molar-refractivity contribution is 0.280. The van der Waals surface area contributed by atoms with Crippen molar-refractivity contribution >= 4 is 10.0 Å². The van der Waals surface area contributed by atoms with Crippen molar-refractivity contribution < 1.29 is 13.5 Å². The third-order valence-electron chi connectivity index (χ3n) is 3.26. The monoisotopic (exact) mass is 309 g/mol. The average Bonchev–Trinajstić information content (AvgIpc) is 2.90. The Morgan fingerprint density at radius 1 is 1.43 bits per heavy atom. The minimum absolute atomic E-state index is 0.181. The number of benzene rings is 1. The van der Waals surface area contributed by atoms with E-state index in [0.717, 1.165) is 0 Å². The van der Waals surface area contributed by atoms with Crippen LogP contribution in [0, 0.1) is 6.92 Å². The molecule has 0 aliphatic rings. The van der Waals surface area contributed by atoms with Gasteiger partial charge in [0.25, 0.3) is 0 Å². The van der Waals surface area contributed by atoms with E-state index in [9.17, 15) is 13.5 Å². The van der Waals surface area contributed by atoms with Crippen LogP contribution in [0.2, 0.25) is 0 Å². The van der Waals surface area contributed by atoms with Crippen LogP contribution in [-0.2, 0) is 23.2 Å². The van der Waals surface area contributed by atoms with Crippen molar-refractivity contribution in [3.63, 3.8) is 0 Å². The first-order valence-corrected chi connectivity index (χ1v) is 8.10. The minimum atomic E-state index is -3.62. The van der Waals surface area contributed by atoms with Crippen LogP contribution in [0.25, 0.3) is 0 Å². The van der Waals surface area contributed by atoms with Crippen molar-refractivity contribution in [1.82, 2.24) is 14.3 Å². The van der Waals surface area contributed by atoms with Gasteiger partial charge in [0.15, 0.2) is 0 Å². The summed E-state index contributed by atoms with van der Waals surface area (Å²) in [4.78, 5) is 4.13. The molecule has 1 heterocycles. The molecule has 21 heavy (non-hydrogen) atoms. The molecule has 1 atom stereocenters. The number of aromatic nitrogens is 2. The maximum atomic E-state index is 12.4. The zero-order chi connectivity index (χ0) is 15.5. The largest absolute Gasteiger partial charge is 0.392 e. The molecule has 1 aromatic heterocycles. The summed E-state index contributed by atoms with van der Waals surface area (Å²) < 4.78 is 29.3. The van der Waals surface area contributed by atoms with Crippen molar-refractivity contribution in [2.45, 2.75) is 37.9 Å². The standard InChI is InChI=1S/C14H19N3O3S/c1-11(8-17-7-6-15-10-17)16-21(19,20)14-5-3-4-13(9-18)12(14)2/h3-7,10-11,16,18H,8-9H2,1-2H3. The Morgan fingerprint density at radius 2 is 2.19 bits per heavy atom. The number of nitrogens with zero attached hydrogens (tertiary/aromatic N) is 2. The molecule has 0 aliphatic heterocycles. The maximum absolute atomic E-state index is 12.4. The highest BCUT2D eigenvalue weighted by Crippen LogP contribution is 2.19. The van der Waals surface area contributed by atoms with Gasteiger partial charge in [0.1, 0.15) is 0 Å². The van der Waals surface area contributed by atoms with Gasteiger partial charge in [-0.3, -0.25) is 0 Å². The number of aliphatic hydroxyl groups excluding tert-OH is 1. The van der Waals surface area contributed by atoms with Gasteiger partial charge >= 0.3 is 0 Å². The van der Waals surface area contributed by atoms with Crippen LogP contribution in [0.3, 0.4) is 0 Å². The van der Waals surface area contributed by atoms with Crippen LogP contribution >= 0.6 is 0 Å². The van der Waals surface area contributed by atoms with E-state index in [2.05, 4.69) is 9.71 Å². The molecular formula is C14H19N3O3S. The topological polar surface area (TPSA) is 84.2 Å². The predicted octanol–water partition coefficient (Wildman–Crippen LogP) is 1.05. The highest BCUT2D eigenvalue weighted by Gasteiger charge is 2.20. The van der Waals surface area contributed by atoms with Crippen LogP contribution in [0.4, 0.5) is 0 Å². The van der Waals surface area contributed by atoms with Crippen molar-refractivity contribution in [3.05, 3.63) is 48.0 Å². The van der Waals surface area contributed by atoms with Gasteiger partial charge in [-0.1, -0.05) is 12.1 Å². The second-order valence-corrected chi connectivity index (χ2v) is 6.66. The van der Waals surface area contributed by atoms with Crippen LogP contribution in [0.15, 0.2) is 41.8 Å². The van der Waals surface area contributed by atoms with Gasteiger partial charge in [0, 0.05) is 25.0 Å². The Bertz CT molecular complexity index is 696. The normalized spacial score (nSPS) is 13.3. The first kappa shape index (κ1) is 15.7. The Labute approximate surface area is 124 Å². The van der Waals surface area contributed by atoms with Crippen molar-refractivity contribution in [2.75, 3.05) is 0 Å². The zero-order valence-electron chi connectivity index (χ0n) is 12.0. The molecule has 0 aliphatic carbocycles. The second-order valence-electron chi connectivity index (χ2n) is 4.98. The summed E-state index contributed by atoms with van der Waals surface area (Å²) in [6, 6.07) is 4.61. The molecule has 0 spiro atoms. The third-order valence-corrected chi connectivity index (χ3v) is 4.99. The molecule has 2 rings (SSSR count). The van der Waals surface area contributed by atoms with Crippen LogP contribution < -0.4 is 4.72 Å². The fourth-order valence-corrected chi connectivity index (χ4v) is 3.72. The summed E-state index contributed by atoms with van der Waals surface area (Å²) in [7, 11) is -3.62. The summed E-state index contributed by atoms with van der Waals surface area (Å²) >= 11 is 0. The molecule has 0 saturated carbocycles. The van der Waals surface area contributed by atoms with E-state index in [1.165, 1.54) is 0 Å². The molecule has 0 fully saturated rings. The van der Waals surface area contributed by atoms with E-state index in [0.29, 0.717) is 17.7 Å². The summed E-state index contributed by atoms with van der Waals surface area (Å²) in [5.41, 5.74) is 1.18. The number of rotatable bonds is 6. The SMILES string of the molecule is Cc1c(CO)cccc1S(=O)(=O)NC(C)Cn1ccnc1. The molecule has 0 amide bonds. The molecule has 1 unspecified atom stereocenters. The van der Waals surface area contributed by atoms with Gasteiger partial charge in [0.2, 0.25) is 10.0 Å². The molecular weight excluding hydrogens is 290 g/mol. The third kappa shape index (κ3) is 3.69. The molecule has 2 aromatic rings. The Balaban J connectivity index is 2.18. The van der Waals surface area contributed by atoms with Gasteiger partial charge in [0.05, 0.1) is 17.8 Å². The molecule has 0 radical (unpaired) electrons. The number of aliphatic hydroxyl groups is 1. The van der Waals surface area contributed by atoms with E-state index in [4.69, 9.17) is 0 Å². The van der Waals surface area contributed by atoms with E-state index < -0.39 is 10.0 Å². The van der Waals surface area contributed by atoms with Gasteiger partial charge in [-0.2, -0.15) is 0 Å². The van der Waals surface area contributed by atoms with E-state index >= 15 is 0 Å². The second kappa shape index (κ2) is 6.38. The fraction of sp³-hybridized carbons (Fsp3) is 0.357. The van der Waals surface area contributed by atoms with Crippen molar-refractivity contribution in [3.8, 4) is 0 Å². The first-order valence-electron chi connectivity index (χ1n) is 6.61. The van der Waals surface area contributed by atoms with E-state index in [1.807, 2.05) is 4.57 Å². The van der Waals surface area contributed by atoms with Gasteiger partial charge in [-0.05, 0) is 31.0 Å². The van der Waals surface area contributed by atoms with Gasteiger partial charge in [-0.25, -0.2) is 18.1 Å². The van der Waals surface area contributed by atoms with Crippen LogP contribution in [0.1, 0.15) is 18.1 Å².